The van der Waals surface area contributed by atoms with Crippen molar-refractivity contribution in [3.8, 4) is 0 Å². The summed E-state index contributed by atoms with van der Waals surface area (Å²) in [6.45, 7) is -0.723. The lowest BCUT2D eigenvalue weighted by molar-refractivity contribution is -0.384. The highest BCUT2D eigenvalue weighted by Crippen LogP contribution is 2.22. The van der Waals surface area contributed by atoms with Crippen LogP contribution in [0.4, 0.5) is 5.69 Å². The largest absolute Gasteiger partial charge is 0.454 e. The van der Waals surface area contributed by atoms with Crippen LogP contribution in [0.5, 0.6) is 0 Å². The first-order valence-electron chi connectivity index (χ1n) is 9.50. The van der Waals surface area contributed by atoms with Gasteiger partial charge in [-0.1, -0.05) is 11.6 Å². The molecule has 1 aromatic heterocycles. The maximum atomic E-state index is 12.6. The molecule has 2 N–H and O–H groups in total. The van der Waals surface area contributed by atoms with E-state index < -0.39 is 41.3 Å². The van der Waals surface area contributed by atoms with Crippen molar-refractivity contribution in [2.45, 2.75) is 12.5 Å². The standard InChI is InChI=1S/C20H21ClN4O7S/c1-24-8-3-4-16(24)19(28)23-17(26)11-32-20(29)15(7-9-33-2)22-18(27)13-6-5-12(25(30)31)10-14(13)21/h3-6,8,10,15H,7,9,11H2,1-2H3,(H,22,27)(H,23,26,28)/t15-/m0/s1. The Morgan fingerprint density at radius 2 is 1.97 bits per heavy atom. The number of benzene rings is 1. The van der Waals surface area contributed by atoms with Crippen molar-refractivity contribution in [3.05, 3.63) is 62.9 Å². The van der Waals surface area contributed by atoms with Gasteiger partial charge in [-0.3, -0.25) is 29.8 Å². The average Bonchev–Trinajstić information content (AvgIpc) is 3.20. The maximum absolute atomic E-state index is 12.6. The lowest BCUT2D eigenvalue weighted by Crippen LogP contribution is -2.44. The number of aromatic nitrogens is 1. The smallest absolute Gasteiger partial charge is 0.329 e. The molecule has 0 fully saturated rings. The van der Waals surface area contributed by atoms with Crippen LogP contribution in [0.3, 0.4) is 0 Å². The van der Waals surface area contributed by atoms with E-state index in [-0.39, 0.29) is 28.4 Å². The van der Waals surface area contributed by atoms with Gasteiger partial charge in [0.15, 0.2) is 6.61 Å². The van der Waals surface area contributed by atoms with Crippen LogP contribution in [-0.2, 0) is 21.4 Å². The Bertz CT molecular complexity index is 1070. The van der Waals surface area contributed by atoms with Crippen LogP contribution in [0.15, 0.2) is 36.5 Å². The number of imide groups is 1. The van der Waals surface area contributed by atoms with Crippen LogP contribution in [-0.4, -0.2) is 57.8 Å². The number of aryl methyl sites for hydroxylation is 1. The van der Waals surface area contributed by atoms with Crippen LogP contribution in [0.25, 0.3) is 0 Å². The molecule has 0 saturated heterocycles. The maximum Gasteiger partial charge on any atom is 0.329 e. The van der Waals surface area contributed by atoms with Gasteiger partial charge in [-0.05, 0) is 36.6 Å². The predicted octanol–water partition coefficient (Wildman–Crippen LogP) is 1.94. The van der Waals surface area contributed by atoms with E-state index in [2.05, 4.69) is 10.6 Å². The van der Waals surface area contributed by atoms with E-state index in [1.54, 1.807) is 25.6 Å². The molecule has 176 valence electrons. The minimum Gasteiger partial charge on any atom is -0.454 e. The molecule has 0 saturated carbocycles. The van der Waals surface area contributed by atoms with Gasteiger partial charge in [-0.2, -0.15) is 11.8 Å². The van der Waals surface area contributed by atoms with Crippen LogP contribution in [0.1, 0.15) is 27.3 Å². The first kappa shape index (κ1) is 25.9. The Balaban J connectivity index is 1.99. The number of carbonyl (C=O) groups is 4. The fraction of sp³-hybridized carbons (Fsp3) is 0.300. The average molecular weight is 497 g/mol. The zero-order valence-corrected chi connectivity index (χ0v) is 19.3. The third-order valence-electron chi connectivity index (χ3n) is 4.38. The number of thioether (sulfide) groups is 1. The second kappa shape index (κ2) is 12.0. The van der Waals surface area contributed by atoms with Gasteiger partial charge in [0.1, 0.15) is 11.7 Å². The summed E-state index contributed by atoms with van der Waals surface area (Å²) in [5.74, 6) is -2.60. The van der Waals surface area contributed by atoms with Crippen molar-refractivity contribution in [2.75, 3.05) is 18.6 Å². The normalized spacial score (nSPS) is 11.4. The number of nitrogens with one attached hydrogen (secondary N) is 2. The molecule has 0 aliphatic heterocycles. The third kappa shape index (κ3) is 7.32. The molecule has 2 rings (SSSR count). The molecule has 1 heterocycles. The summed E-state index contributed by atoms with van der Waals surface area (Å²) in [6, 6.07) is 5.37. The summed E-state index contributed by atoms with van der Waals surface area (Å²) < 4.78 is 6.49. The van der Waals surface area contributed by atoms with E-state index in [4.69, 9.17) is 16.3 Å². The highest BCUT2D eigenvalue weighted by atomic mass is 35.5. The summed E-state index contributed by atoms with van der Waals surface area (Å²) in [4.78, 5) is 59.3. The fourth-order valence-corrected chi connectivity index (χ4v) is 3.42. The summed E-state index contributed by atoms with van der Waals surface area (Å²) in [7, 11) is 1.63. The Morgan fingerprint density at radius 1 is 1.24 bits per heavy atom. The van der Waals surface area contributed by atoms with Crippen molar-refractivity contribution in [2.24, 2.45) is 7.05 Å². The molecule has 0 unspecified atom stereocenters. The Hall–Kier alpha value is -3.38. The number of nitrogens with zero attached hydrogens (tertiary/aromatic N) is 2. The first-order chi connectivity index (χ1) is 15.6. The number of nitro benzene ring substituents is 1. The minimum absolute atomic E-state index is 0.0601. The van der Waals surface area contributed by atoms with E-state index in [0.29, 0.717) is 5.75 Å². The van der Waals surface area contributed by atoms with Crippen LogP contribution < -0.4 is 10.6 Å². The topological polar surface area (TPSA) is 150 Å². The van der Waals surface area contributed by atoms with Crippen molar-refractivity contribution < 1.29 is 28.8 Å². The highest BCUT2D eigenvalue weighted by Gasteiger charge is 2.25. The van der Waals surface area contributed by atoms with E-state index in [9.17, 15) is 29.3 Å². The van der Waals surface area contributed by atoms with Gasteiger partial charge in [0.05, 0.1) is 15.5 Å². The third-order valence-corrected chi connectivity index (χ3v) is 5.34. The number of non-ortho nitro benzene ring substituents is 1. The molecule has 1 atom stereocenters. The van der Waals surface area contributed by atoms with E-state index >= 15 is 0 Å². The number of esters is 1. The Labute approximate surface area is 197 Å². The van der Waals surface area contributed by atoms with Gasteiger partial charge in [-0.15, -0.1) is 0 Å². The zero-order valence-electron chi connectivity index (χ0n) is 17.7. The molecule has 0 aliphatic rings. The van der Waals surface area contributed by atoms with Crippen molar-refractivity contribution >= 4 is 52.7 Å². The second-order valence-corrected chi connectivity index (χ2v) is 8.11. The van der Waals surface area contributed by atoms with Crippen molar-refractivity contribution in [3.63, 3.8) is 0 Å². The number of hydrogen-bond acceptors (Lipinski definition) is 8. The van der Waals surface area contributed by atoms with Crippen LogP contribution >= 0.6 is 23.4 Å². The molecule has 11 nitrogen and oxygen atoms in total. The molecule has 2 aromatic rings. The molecule has 0 bridgehead atoms. The molecule has 33 heavy (non-hydrogen) atoms. The molecule has 0 radical (unpaired) electrons. The molecular weight excluding hydrogens is 476 g/mol. The van der Waals surface area contributed by atoms with E-state index in [1.165, 1.54) is 28.5 Å². The quantitative estimate of drug-likeness (QED) is 0.288. The SMILES string of the molecule is CSCC[C@H](NC(=O)c1ccc([N+](=O)[O-])cc1Cl)C(=O)OCC(=O)NC(=O)c1cccn1C. The fourth-order valence-electron chi connectivity index (χ4n) is 2.68. The molecule has 1 aromatic carbocycles. The Morgan fingerprint density at radius 3 is 2.55 bits per heavy atom. The number of hydrogen-bond donors (Lipinski definition) is 2. The van der Waals surface area contributed by atoms with Crippen LogP contribution in [0, 0.1) is 10.1 Å². The van der Waals surface area contributed by atoms with E-state index in [1.807, 2.05) is 0 Å². The number of carbonyl (C=O) groups excluding carboxylic acids is 4. The monoisotopic (exact) mass is 496 g/mol. The highest BCUT2D eigenvalue weighted by molar-refractivity contribution is 7.98. The lowest BCUT2D eigenvalue weighted by Gasteiger charge is -2.17. The minimum atomic E-state index is -1.10. The molecule has 13 heteroatoms. The van der Waals surface area contributed by atoms with Gasteiger partial charge in [-0.25, -0.2) is 4.79 Å². The van der Waals surface area contributed by atoms with Gasteiger partial charge < -0.3 is 14.6 Å². The second-order valence-electron chi connectivity index (χ2n) is 6.72. The van der Waals surface area contributed by atoms with Crippen LogP contribution in [0.2, 0.25) is 5.02 Å². The number of nitro groups is 1. The van der Waals surface area contributed by atoms with Crippen molar-refractivity contribution in [1.29, 1.82) is 0 Å². The number of amides is 3. The van der Waals surface area contributed by atoms with Gasteiger partial charge in [0.2, 0.25) is 0 Å². The zero-order chi connectivity index (χ0) is 24.5. The lowest BCUT2D eigenvalue weighted by atomic mass is 10.1. The summed E-state index contributed by atoms with van der Waals surface area (Å²) in [6.07, 6.45) is 3.63. The summed E-state index contributed by atoms with van der Waals surface area (Å²) >= 11 is 7.39. The molecule has 0 spiro atoms. The summed E-state index contributed by atoms with van der Waals surface area (Å²) in [5.41, 5.74) is -0.0966. The van der Waals surface area contributed by atoms with Gasteiger partial charge >= 0.3 is 5.97 Å². The molecule has 0 aliphatic carbocycles. The van der Waals surface area contributed by atoms with E-state index in [0.717, 1.165) is 12.1 Å². The molecule has 3 amide bonds. The molecular formula is C20H21ClN4O7S. The number of halogens is 1. The Kier molecular flexibility index (Phi) is 9.43. The van der Waals surface area contributed by atoms with Crippen molar-refractivity contribution in [1.82, 2.24) is 15.2 Å². The van der Waals surface area contributed by atoms with Gasteiger partial charge in [0.25, 0.3) is 23.4 Å². The number of rotatable bonds is 10. The summed E-state index contributed by atoms with van der Waals surface area (Å²) in [5, 5.41) is 15.2. The predicted molar refractivity (Wildman–Crippen MR) is 121 cm³/mol. The first-order valence-corrected chi connectivity index (χ1v) is 11.3. The number of ether oxygens (including phenoxy) is 1. The van der Waals surface area contributed by atoms with Gasteiger partial charge in [0, 0.05) is 25.4 Å².